The Morgan fingerprint density at radius 1 is 0.871 bits per heavy atom. The summed E-state index contributed by atoms with van der Waals surface area (Å²) >= 11 is 1.30. The van der Waals surface area contributed by atoms with E-state index in [4.69, 9.17) is 4.98 Å². The number of aromatic nitrogens is 2. The molecule has 0 bridgehead atoms. The number of Topliss-reactive ketones (excluding diaryl/α,β-unsaturated/α-hetero) is 1. The van der Waals surface area contributed by atoms with Crippen molar-refractivity contribution in [3.63, 3.8) is 0 Å². The Morgan fingerprint density at radius 2 is 1.55 bits per heavy atom. The zero-order chi connectivity index (χ0) is 22.1. The molecule has 156 valence electrons. The van der Waals surface area contributed by atoms with E-state index in [0.717, 1.165) is 27.9 Å². The van der Waals surface area contributed by atoms with E-state index in [-0.39, 0.29) is 17.1 Å². The van der Waals surface area contributed by atoms with Gasteiger partial charge < -0.3 is 0 Å². The zero-order valence-electron chi connectivity index (χ0n) is 18.1. The topological polar surface area (TPSA) is 52.0 Å². The van der Waals surface area contributed by atoms with Gasteiger partial charge in [0.1, 0.15) is 0 Å². The van der Waals surface area contributed by atoms with Gasteiger partial charge in [0.2, 0.25) is 0 Å². The lowest BCUT2D eigenvalue weighted by atomic mass is 9.99. The van der Waals surface area contributed by atoms with Crippen LogP contribution < -0.4 is 5.56 Å². The van der Waals surface area contributed by atoms with E-state index in [1.165, 1.54) is 17.3 Å². The summed E-state index contributed by atoms with van der Waals surface area (Å²) in [7, 11) is 0. The van der Waals surface area contributed by atoms with Gasteiger partial charge in [-0.1, -0.05) is 48.2 Å². The van der Waals surface area contributed by atoms with Gasteiger partial charge in [-0.3, -0.25) is 14.2 Å². The molecular weight excluding hydrogens is 404 g/mol. The number of rotatable bonds is 5. The van der Waals surface area contributed by atoms with Crippen LogP contribution in [0.1, 0.15) is 32.6 Å². The second-order valence-corrected chi connectivity index (χ2v) is 8.74. The van der Waals surface area contributed by atoms with E-state index in [0.29, 0.717) is 16.1 Å². The number of fused-ring (bicyclic) bond motifs is 1. The van der Waals surface area contributed by atoms with Crippen molar-refractivity contribution in [2.45, 2.75) is 32.9 Å². The molecule has 3 aromatic carbocycles. The van der Waals surface area contributed by atoms with Crippen LogP contribution >= 0.6 is 11.8 Å². The van der Waals surface area contributed by atoms with Crippen LogP contribution in [-0.2, 0) is 0 Å². The smallest absolute Gasteiger partial charge is 0.266 e. The van der Waals surface area contributed by atoms with Gasteiger partial charge in [0.15, 0.2) is 10.9 Å². The fourth-order valence-corrected chi connectivity index (χ4v) is 4.59. The van der Waals surface area contributed by atoms with Crippen molar-refractivity contribution in [2.75, 3.05) is 5.75 Å². The first kappa shape index (κ1) is 21.1. The molecule has 4 aromatic rings. The minimum atomic E-state index is -0.128. The maximum absolute atomic E-state index is 13.4. The third-order valence-electron chi connectivity index (χ3n) is 5.57. The monoisotopic (exact) mass is 428 g/mol. The largest absolute Gasteiger partial charge is 0.293 e. The summed E-state index contributed by atoms with van der Waals surface area (Å²) in [6.45, 7) is 7.99. The highest BCUT2D eigenvalue weighted by Gasteiger charge is 2.17. The summed E-state index contributed by atoms with van der Waals surface area (Å²) in [6.07, 6.45) is 0. The minimum absolute atomic E-state index is 0.0318. The molecule has 1 heterocycles. The quantitative estimate of drug-likeness (QED) is 0.236. The molecule has 0 amide bonds. The second-order valence-electron chi connectivity index (χ2n) is 7.80. The standard InChI is InChI=1S/C26H24N2O2S/c1-16-9-5-8-12-23(16)28-25(30)20-10-6-7-11-22(20)27-26(28)31-15-24(29)21-14-18(3)17(2)13-19(21)4/h5-14H,15H2,1-4H3. The summed E-state index contributed by atoms with van der Waals surface area (Å²) < 4.78 is 1.63. The zero-order valence-corrected chi connectivity index (χ0v) is 18.9. The highest BCUT2D eigenvalue weighted by Crippen LogP contribution is 2.25. The van der Waals surface area contributed by atoms with Gasteiger partial charge in [-0.05, 0) is 74.2 Å². The average Bonchev–Trinajstić information content (AvgIpc) is 2.75. The summed E-state index contributed by atoms with van der Waals surface area (Å²) in [5.41, 5.74) is 6.22. The average molecular weight is 429 g/mol. The minimum Gasteiger partial charge on any atom is -0.293 e. The lowest BCUT2D eigenvalue weighted by Gasteiger charge is -2.15. The van der Waals surface area contributed by atoms with Crippen molar-refractivity contribution >= 4 is 28.4 Å². The Bertz CT molecular complexity index is 1370. The molecule has 0 saturated heterocycles. The SMILES string of the molecule is Cc1cc(C)c(C(=O)CSc2nc3ccccc3c(=O)n2-c2ccccc2C)cc1C. The maximum atomic E-state index is 13.4. The number of aryl methyl sites for hydroxylation is 4. The molecule has 4 nitrogen and oxygen atoms in total. The van der Waals surface area contributed by atoms with Crippen LogP contribution in [0, 0.1) is 27.7 Å². The van der Waals surface area contributed by atoms with E-state index < -0.39 is 0 Å². The number of benzene rings is 3. The van der Waals surface area contributed by atoms with Crippen molar-refractivity contribution in [3.05, 3.63) is 98.8 Å². The molecule has 0 N–H and O–H groups in total. The van der Waals surface area contributed by atoms with Crippen molar-refractivity contribution in [1.29, 1.82) is 0 Å². The summed E-state index contributed by atoms with van der Waals surface area (Å²) in [4.78, 5) is 31.2. The highest BCUT2D eigenvalue weighted by molar-refractivity contribution is 7.99. The van der Waals surface area contributed by atoms with Gasteiger partial charge in [-0.15, -0.1) is 0 Å². The number of nitrogens with zero attached hydrogens (tertiary/aromatic N) is 2. The Balaban J connectivity index is 1.78. The van der Waals surface area contributed by atoms with Crippen LogP contribution in [0.3, 0.4) is 0 Å². The molecule has 0 atom stereocenters. The molecule has 0 aliphatic carbocycles. The van der Waals surface area contributed by atoms with Gasteiger partial charge in [-0.2, -0.15) is 0 Å². The van der Waals surface area contributed by atoms with Crippen LogP contribution in [-0.4, -0.2) is 21.1 Å². The number of carbonyl (C=O) groups excluding carboxylic acids is 1. The third kappa shape index (κ3) is 4.06. The Kier molecular flexibility index (Phi) is 5.79. The lowest BCUT2D eigenvalue weighted by Crippen LogP contribution is -2.23. The molecule has 0 unspecified atom stereocenters. The van der Waals surface area contributed by atoms with Gasteiger partial charge >= 0.3 is 0 Å². The molecule has 0 fully saturated rings. The molecule has 0 saturated carbocycles. The lowest BCUT2D eigenvalue weighted by molar-refractivity contribution is 0.102. The summed E-state index contributed by atoms with van der Waals surface area (Å²) in [6, 6.07) is 19.1. The second kappa shape index (κ2) is 8.52. The van der Waals surface area contributed by atoms with Gasteiger partial charge in [0, 0.05) is 5.56 Å². The van der Waals surface area contributed by atoms with Crippen LogP contribution in [0.5, 0.6) is 0 Å². The predicted molar refractivity (Wildman–Crippen MR) is 128 cm³/mol. The Morgan fingerprint density at radius 3 is 2.32 bits per heavy atom. The highest BCUT2D eigenvalue weighted by atomic mass is 32.2. The number of hydrogen-bond acceptors (Lipinski definition) is 4. The van der Waals surface area contributed by atoms with Crippen molar-refractivity contribution in [2.24, 2.45) is 0 Å². The van der Waals surface area contributed by atoms with E-state index >= 15 is 0 Å². The van der Waals surface area contributed by atoms with Crippen LogP contribution in [0.2, 0.25) is 0 Å². The van der Waals surface area contributed by atoms with Crippen LogP contribution in [0.4, 0.5) is 0 Å². The fourth-order valence-electron chi connectivity index (χ4n) is 3.70. The normalized spacial score (nSPS) is 11.1. The van der Waals surface area contributed by atoms with Crippen LogP contribution in [0.15, 0.2) is 70.6 Å². The van der Waals surface area contributed by atoms with E-state index in [2.05, 4.69) is 0 Å². The molecule has 0 spiro atoms. The number of ketones is 1. The molecule has 0 aliphatic heterocycles. The first-order valence-corrected chi connectivity index (χ1v) is 11.2. The van der Waals surface area contributed by atoms with Crippen LogP contribution in [0.25, 0.3) is 16.6 Å². The Hall–Kier alpha value is -3.18. The van der Waals surface area contributed by atoms with Crippen molar-refractivity contribution in [1.82, 2.24) is 9.55 Å². The molecule has 0 aliphatic rings. The van der Waals surface area contributed by atoms with Gasteiger partial charge in [0.05, 0.1) is 22.3 Å². The van der Waals surface area contributed by atoms with Gasteiger partial charge in [-0.25, -0.2) is 4.98 Å². The molecule has 1 aromatic heterocycles. The first-order chi connectivity index (χ1) is 14.9. The fraction of sp³-hybridized carbons (Fsp3) is 0.192. The summed E-state index contributed by atoms with van der Waals surface area (Å²) in [5.74, 6) is 0.240. The molecule has 0 radical (unpaired) electrons. The maximum Gasteiger partial charge on any atom is 0.266 e. The van der Waals surface area contributed by atoms with E-state index in [1.54, 1.807) is 10.6 Å². The predicted octanol–water partition coefficient (Wildman–Crippen LogP) is 5.59. The summed E-state index contributed by atoms with van der Waals surface area (Å²) in [5, 5.41) is 1.08. The van der Waals surface area contributed by atoms with Gasteiger partial charge in [0.25, 0.3) is 5.56 Å². The number of para-hydroxylation sites is 2. The van der Waals surface area contributed by atoms with E-state index in [1.807, 2.05) is 82.3 Å². The Labute approximate surface area is 186 Å². The number of hydrogen-bond donors (Lipinski definition) is 0. The van der Waals surface area contributed by atoms with Crippen molar-refractivity contribution in [3.8, 4) is 5.69 Å². The molecular formula is C26H24N2O2S. The number of thioether (sulfide) groups is 1. The molecule has 31 heavy (non-hydrogen) atoms. The van der Waals surface area contributed by atoms with Crippen molar-refractivity contribution < 1.29 is 4.79 Å². The number of carbonyl (C=O) groups is 1. The molecule has 5 heteroatoms. The first-order valence-electron chi connectivity index (χ1n) is 10.2. The van der Waals surface area contributed by atoms with E-state index in [9.17, 15) is 9.59 Å². The third-order valence-corrected chi connectivity index (χ3v) is 6.51. The molecule has 4 rings (SSSR count).